The molecule has 2 rings (SSSR count). The van der Waals surface area contributed by atoms with Crippen LogP contribution in [-0.2, 0) is 4.57 Å². The fourth-order valence-corrected chi connectivity index (χ4v) is 2.46. The summed E-state index contributed by atoms with van der Waals surface area (Å²) in [7, 11) is -1.42. The summed E-state index contributed by atoms with van der Waals surface area (Å²) in [6.45, 7) is 0. The Morgan fingerprint density at radius 3 is 1.15 bits per heavy atom. The minimum absolute atomic E-state index is 0.883. The van der Waals surface area contributed by atoms with Crippen LogP contribution in [0.25, 0.3) is 0 Å². The summed E-state index contributed by atoms with van der Waals surface area (Å²) in [5.41, 5.74) is 22.0. The van der Waals surface area contributed by atoms with Crippen molar-refractivity contribution in [2.24, 2.45) is 0 Å². The average molecular weight is 289 g/mol. The van der Waals surface area contributed by atoms with E-state index in [9.17, 15) is 4.57 Å². The van der Waals surface area contributed by atoms with E-state index in [4.69, 9.17) is 22.1 Å². The van der Waals surface area contributed by atoms with Crippen LogP contribution >= 0.6 is 7.80 Å². The third-order valence-corrected chi connectivity index (χ3v) is 3.52. The van der Waals surface area contributed by atoms with E-state index >= 15 is 0 Å². The second kappa shape index (κ2) is 11.3. The monoisotopic (exact) mass is 289 g/mol. The Morgan fingerprint density at radius 2 is 0.900 bits per heavy atom. The third-order valence-electron chi connectivity index (χ3n) is 1.98. The van der Waals surface area contributed by atoms with Gasteiger partial charge in [0.25, 0.3) is 0 Å². The van der Waals surface area contributed by atoms with Gasteiger partial charge in [0.2, 0.25) is 9.82 Å². The lowest BCUT2D eigenvalue weighted by molar-refractivity contribution is 0.598. The lowest BCUT2D eigenvalue weighted by atomic mass is 10.4. The maximum absolute atomic E-state index is 12.0. The Balaban J connectivity index is 0.000000520. The number of hydrogen-bond donors (Lipinski definition) is 4. The van der Waals surface area contributed by atoms with E-state index in [1.807, 2.05) is 70.5 Å². The molecule has 0 atom stereocenters. The van der Waals surface area contributed by atoms with Crippen LogP contribution < -0.4 is 20.4 Å². The molecular formula is C12H14N6OP+3. The summed E-state index contributed by atoms with van der Waals surface area (Å²) in [5, 5.41) is 1.77. The fraction of sp³-hybridized carbons (Fsp3) is 0. The highest BCUT2D eigenvalue weighted by Crippen LogP contribution is 2.18. The fourth-order valence-electron chi connectivity index (χ4n) is 1.28. The lowest BCUT2D eigenvalue weighted by Gasteiger charge is -1.87. The molecule has 0 spiro atoms. The van der Waals surface area contributed by atoms with Gasteiger partial charge in [0.1, 0.15) is 22.1 Å². The van der Waals surface area contributed by atoms with Crippen LogP contribution in [0.2, 0.25) is 0 Å². The molecule has 0 aromatic heterocycles. The molecule has 8 heteroatoms. The van der Waals surface area contributed by atoms with Gasteiger partial charge in [-0.3, -0.25) is 0 Å². The van der Waals surface area contributed by atoms with Crippen LogP contribution in [-0.4, -0.2) is 0 Å². The van der Waals surface area contributed by atoms with Crippen LogP contribution in [0, 0.1) is 22.1 Å². The van der Waals surface area contributed by atoms with Crippen molar-refractivity contribution in [3.63, 3.8) is 0 Å². The lowest BCUT2D eigenvalue weighted by Crippen LogP contribution is -2.04. The molecular weight excluding hydrogens is 275 g/mol. The SMILES string of the molecule is N=[N+]=N.N=[N+]=N.O=[P+](c1ccccc1)c1ccccc1. The highest BCUT2D eigenvalue weighted by Gasteiger charge is 2.21. The van der Waals surface area contributed by atoms with Crippen molar-refractivity contribution in [3.05, 3.63) is 60.7 Å². The Bertz CT molecular complexity index is 536. The Hall–Kier alpha value is -2.84. The van der Waals surface area contributed by atoms with Gasteiger partial charge in [-0.1, -0.05) is 41.0 Å². The predicted molar refractivity (Wildman–Crippen MR) is 74.9 cm³/mol. The molecule has 0 heterocycles. The quantitative estimate of drug-likeness (QED) is 0.376. The molecule has 100 valence electrons. The number of nitrogens with zero attached hydrogens (tertiary/aromatic N) is 2. The zero-order chi connectivity index (χ0) is 15.2. The second-order valence-electron chi connectivity index (χ2n) is 3.19. The zero-order valence-corrected chi connectivity index (χ0v) is 11.4. The van der Waals surface area contributed by atoms with Crippen molar-refractivity contribution in [1.82, 2.24) is 9.82 Å². The second-order valence-corrected chi connectivity index (χ2v) is 4.81. The van der Waals surface area contributed by atoms with Crippen molar-refractivity contribution in [2.75, 3.05) is 0 Å². The van der Waals surface area contributed by atoms with Gasteiger partial charge < -0.3 is 0 Å². The van der Waals surface area contributed by atoms with E-state index in [2.05, 4.69) is 0 Å². The first-order valence-electron chi connectivity index (χ1n) is 5.35. The van der Waals surface area contributed by atoms with Crippen LogP contribution in [0.4, 0.5) is 0 Å². The molecule has 0 saturated heterocycles. The summed E-state index contributed by atoms with van der Waals surface area (Å²) in [4.78, 5) is 4.00. The molecule has 0 amide bonds. The molecule has 2 aromatic rings. The Kier molecular flexibility index (Phi) is 9.66. The first-order chi connectivity index (χ1) is 9.71. The molecule has 0 fully saturated rings. The smallest absolute Gasteiger partial charge is 0.0619 e. The van der Waals surface area contributed by atoms with Gasteiger partial charge in [-0.2, -0.15) is 0 Å². The van der Waals surface area contributed by atoms with Gasteiger partial charge in [0, 0.05) is 0 Å². The van der Waals surface area contributed by atoms with Crippen LogP contribution in [0.1, 0.15) is 0 Å². The van der Waals surface area contributed by atoms with Crippen molar-refractivity contribution in [1.29, 1.82) is 22.1 Å². The standard InChI is InChI=1S/C12H10OP.2H2N3/c13-14(11-7-3-1-4-8-11)12-9-5-2-6-10-12;2*1-3-2/h1-10H;2*1-2H/q3*+1. The number of rotatable bonds is 2. The van der Waals surface area contributed by atoms with Gasteiger partial charge >= 0.3 is 7.80 Å². The van der Waals surface area contributed by atoms with E-state index in [-0.39, 0.29) is 0 Å². The predicted octanol–water partition coefficient (Wildman–Crippen LogP) is 2.70. The van der Waals surface area contributed by atoms with E-state index in [0.29, 0.717) is 0 Å². The average Bonchev–Trinajstić information content (AvgIpc) is 2.50. The summed E-state index contributed by atoms with van der Waals surface area (Å²) in [6, 6.07) is 19.1. The van der Waals surface area contributed by atoms with Crippen molar-refractivity contribution in [3.8, 4) is 0 Å². The summed E-state index contributed by atoms with van der Waals surface area (Å²) >= 11 is 0. The molecule has 0 aliphatic carbocycles. The van der Waals surface area contributed by atoms with E-state index in [1.165, 1.54) is 0 Å². The summed E-state index contributed by atoms with van der Waals surface area (Å²) < 4.78 is 12.0. The van der Waals surface area contributed by atoms with Gasteiger partial charge in [-0.15, -0.1) is 0 Å². The van der Waals surface area contributed by atoms with Crippen LogP contribution in [0.3, 0.4) is 0 Å². The maximum atomic E-state index is 12.0. The van der Waals surface area contributed by atoms with E-state index in [1.54, 1.807) is 0 Å². The van der Waals surface area contributed by atoms with Crippen LogP contribution in [0.5, 0.6) is 0 Å². The van der Waals surface area contributed by atoms with Crippen molar-refractivity contribution < 1.29 is 4.57 Å². The molecule has 0 aliphatic rings. The maximum Gasteiger partial charge on any atom is 0.415 e. The molecule has 20 heavy (non-hydrogen) atoms. The number of nitrogens with one attached hydrogen (secondary N) is 4. The molecule has 2 aromatic carbocycles. The molecule has 0 aliphatic heterocycles. The molecule has 0 radical (unpaired) electrons. The number of benzene rings is 2. The number of hydrogen-bond acceptors (Lipinski definition) is 5. The molecule has 7 nitrogen and oxygen atoms in total. The van der Waals surface area contributed by atoms with Gasteiger partial charge in [-0.05, 0) is 24.3 Å². The molecule has 0 saturated carbocycles. The Morgan fingerprint density at radius 1 is 0.650 bits per heavy atom. The minimum Gasteiger partial charge on any atom is -0.0619 e. The minimum atomic E-state index is -1.42. The zero-order valence-electron chi connectivity index (χ0n) is 10.5. The first kappa shape index (κ1) is 17.2. The van der Waals surface area contributed by atoms with E-state index in [0.717, 1.165) is 10.6 Å². The first-order valence-corrected chi connectivity index (χ1v) is 6.61. The Labute approximate surface area is 116 Å². The van der Waals surface area contributed by atoms with E-state index < -0.39 is 7.80 Å². The highest BCUT2D eigenvalue weighted by molar-refractivity contribution is 7.61. The molecule has 0 bridgehead atoms. The largest absolute Gasteiger partial charge is 0.415 e. The van der Waals surface area contributed by atoms with Crippen LogP contribution in [0.15, 0.2) is 60.7 Å². The molecule has 4 N–H and O–H groups in total. The topological polar surface area (TPSA) is 141 Å². The van der Waals surface area contributed by atoms with Gasteiger partial charge in [0.05, 0.1) is 0 Å². The van der Waals surface area contributed by atoms with Gasteiger partial charge in [-0.25, -0.2) is 0 Å². The molecule has 0 unspecified atom stereocenters. The summed E-state index contributed by atoms with van der Waals surface area (Å²) in [5.74, 6) is 0. The van der Waals surface area contributed by atoms with Crippen molar-refractivity contribution in [2.45, 2.75) is 0 Å². The normalized spacial score (nSPS) is 7.60. The van der Waals surface area contributed by atoms with Gasteiger partial charge in [0.15, 0.2) is 10.6 Å². The van der Waals surface area contributed by atoms with Crippen molar-refractivity contribution >= 4 is 18.4 Å². The highest BCUT2D eigenvalue weighted by atomic mass is 31.1. The third kappa shape index (κ3) is 6.79. The summed E-state index contributed by atoms with van der Waals surface area (Å²) in [6.07, 6.45) is 0.